The maximum absolute atomic E-state index is 12.2. The average Bonchev–Trinajstić information content (AvgIpc) is 2.58. The number of rotatable bonds is 2. The second-order valence-corrected chi connectivity index (χ2v) is 4.45. The first kappa shape index (κ1) is 13.5. The van der Waals surface area contributed by atoms with E-state index in [0.29, 0.717) is 11.8 Å². The number of benzene rings is 1. The third-order valence-electron chi connectivity index (χ3n) is 2.07. The lowest BCUT2D eigenvalue weighted by molar-refractivity contribution is -0.274. The van der Waals surface area contributed by atoms with Gasteiger partial charge in [-0.2, -0.15) is 0 Å². The van der Waals surface area contributed by atoms with Gasteiger partial charge in [0.05, 0.1) is 4.91 Å². The number of alkyl halides is 3. The molecule has 8 heteroatoms. The summed E-state index contributed by atoms with van der Waals surface area (Å²) in [6, 6.07) is 5.34. The molecule has 0 unspecified atom stereocenters. The Kier molecular flexibility index (Phi) is 3.52. The molecule has 4 nitrogen and oxygen atoms in total. The Morgan fingerprint density at radius 2 is 1.89 bits per heavy atom. The van der Waals surface area contributed by atoms with Crippen molar-refractivity contribution >= 4 is 29.0 Å². The molecule has 1 fully saturated rings. The van der Waals surface area contributed by atoms with Crippen molar-refractivity contribution in [3.63, 3.8) is 0 Å². The van der Waals surface area contributed by atoms with Gasteiger partial charge in [-0.25, -0.2) is 0 Å². The third-order valence-corrected chi connectivity index (χ3v) is 2.88. The quantitative estimate of drug-likeness (QED) is 0.851. The molecule has 0 atom stereocenters. The molecule has 1 aromatic carbocycles. The molecule has 0 aliphatic carbocycles. The van der Waals surface area contributed by atoms with Gasteiger partial charge in [-0.3, -0.25) is 14.9 Å². The Bertz CT molecular complexity index is 569. The third kappa shape index (κ3) is 3.50. The fourth-order valence-corrected chi connectivity index (χ4v) is 2.05. The van der Waals surface area contributed by atoms with Gasteiger partial charge in [-0.1, -0.05) is 18.2 Å². The fraction of sp³-hybridized carbons (Fsp3) is 0.0909. The maximum atomic E-state index is 12.2. The second-order valence-electron chi connectivity index (χ2n) is 3.44. The van der Waals surface area contributed by atoms with E-state index < -0.39 is 23.3 Å². The summed E-state index contributed by atoms with van der Waals surface area (Å²) >= 11 is 0.620. The van der Waals surface area contributed by atoms with E-state index in [1.165, 1.54) is 24.3 Å². The number of nitrogens with one attached hydrogen (secondary N) is 1. The largest absolute Gasteiger partial charge is 0.573 e. The molecule has 2 rings (SSSR count). The summed E-state index contributed by atoms with van der Waals surface area (Å²) in [5.74, 6) is -1.08. The molecule has 0 aromatic heterocycles. The van der Waals surface area contributed by atoms with Crippen LogP contribution in [0.5, 0.6) is 5.75 Å². The van der Waals surface area contributed by atoms with E-state index in [9.17, 15) is 22.8 Å². The number of halogens is 3. The summed E-state index contributed by atoms with van der Waals surface area (Å²) in [5.41, 5.74) is 0.0622. The van der Waals surface area contributed by atoms with Crippen LogP contribution in [0.1, 0.15) is 5.56 Å². The molecule has 1 aromatic rings. The molecule has 1 heterocycles. The minimum atomic E-state index is -4.82. The maximum Gasteiger partial charge on any atom is 0.573 e. The van der Waals surface area contributed by atoms with E-state index in [4.69, 9.17) is 0 Å². The number of para-hydroxylation sites is 1. The Morgan fingerprint density at radius 3 is 2.47 bits per heavy atom. The molecule has 100 valence electrons. The number of ether oxygens (including phenoxy) is 1. The van der Waals surface area contributed by atoms with Gasteiger partial charge in [0.1, 0.15) is 5.75 Å². The van der Waals surface area contributed by atoms with Crippen molar-refractivity contribution in [1.82, 2.24) is 5.32 Å². The summed E-state index contributed by atoms with van der Waals surface area (Å²) in [6.45, 7) is 0. The second kappa shape index (κ2) is 4.96. The highest BCUT2D eigenvalue weighted by Crippen LogP contribution is 2.31. The van der Waals surface area contributed by atoms with Crippen LogP contribution in [0, 0.1) is 0 Å². The first-order valence-corrected chi connectivity index (χ1v) is 5.76. The van der Waals surface area contributed by atoms with Crippen molar-refractivity contribution in [3.05, 3.63) is 34.7 Å². The molecule has 1 N–H and O–H groups in total. The molecule has 1 aliphatic rings. The van der Waals surface area contributed by atoms with Gasteiger partial charge in [-0.15, -0.1) is 13.2 Å². The lowest BCUT2D eigenvalue weighted by Crippen LogP contribution is -2.18. The number of carbonyl (C=O) groups is 2. The van der Waals surface area contributed by atoms with Crippen LogP contribution in [0.4, 0.5) is 18.0 Å². The highest BCUT2D eigenvalue weighted by atomic mass is 32.2. The van der Waals surface area contributed by atoms with Crippen molar-refractivity contribution < 1.29 is 27.5 Å². The van der Waals surface area contributed by atoms with Crippen LogP contribution in [-0.2, 0) is 4.79 Å². The van der Waals surface area contributed by atoms with Crippen LogP contribution in [0.3, 0.4) is 0 Å². The van der Waals surface area contributed by atoms with Crippen molar-refractivity contribution in [2.45, 2.75) is 6.36 Å². The number of hydrogen-bond acceptors (Lipinski definition) is 4. The summed E-state index contributed by atoms with van der Waals surface area (Å²) in [6.07, 6.45) is -3.65. The summed E-state index contributed by atoms with van der Waals surface area (Å²) in [5, 5.41) is 1.44. The molecule has 0 bridgehead atoms. The predicted molar refractivity (Wildman–Crippen MR) is 62.2 cm³/mol. The van der Waals surface area contributed by atoms with E-state index in [1.54, 1.807) is 0 Å². The molecule has 2 amide bonds. The number of thioether (sulfide) groups is 1. The van der Waals surface area contributed by atoms with E-state index in [1.807, 2.05) is 5.32 Å². The van der Waals surface area contributed by atoms with E-state index in [-0.39, 0.29) is 10.5 Å². The van der Waals surface area contributed by atoms with Gasteiger partial charge >= 0.3 is 6.36 Å². The summed E-state index contributed by atoms with van der Waals surface area (Å²) < 4.78 is 40.4. The monoisotopic (exact) mass is 289 g/mol. The minimum absolute atomic E-state index is 0.0169. The van der Waals surface area contributed by atoms with Crippen molar-refractivity contribution in [1.29, 1.82) is 0 Å². The fourth-order valence-electron chi connectivity index (χ4n) is 1.38. The zero-order valence-electron chi connectivity index (χ0n) is 9.15. The zero-order valence-corrected chi connectivity index (χ0v) is 9.97. The van der Waals surface area contributed by atoms with Gasteiger partial charge in [0.2, 0.25) is 0 Å². The van der Waals surface area contributed by atoms with Crippen LogP contribution in [-0.4, -0.2) is 17.5 Å². The summed E-state index contributed by atoms with van der Waals surface area (Å²) in [4.78, 5) is 22.3. The molecule has 19 heavy (non-hydrogen) atoms. The van der Waals surface area contributed by atoms with Crippen molar-refractivity contribution in [2.24, 2.45) is 0 Å². The van der Waals surface area contributed by atoms with Crippen molar-refractivity contribution in [3.8, 4) is 5.75 Å². The SMILES string of the molecule is O=C1NC(=O)/C(=C/c2ccccc2OC(F)(F)F)S1. The smallest absolute Gasteiger partial charge is 0.405 e. The molecular weight excluding hydrogens is 283 g/mol. The topological polar surface area (TPSA) is 55.4 Å². The number of imide groups is 1. The lowest BCUT2D eigenvalue weighted by atomic mass is 10.2. The number of carbonyl (C=O) groups excluding carboxylic acids is 2. The molecule has 0 spiro atoms. The summed E-state index contributed by atoms with van der Waals surface area (Å²) in [7, 11) is 0. The van der Waals surface area contributed by atoms with Crippen LogP contribution in [0.15, 0.2) is 29.2 Å². The molecule has 1 aliphatic heterocycles. The standard InChI is InChI=1S/C11H6F3NO3S/c12-11(13,14)18-7-4-2-1-3-6(7)5-8-9(16)15-10(17)19-8/h1-5H,(H,15,16,17)/b8-5-. The van der Waals surface area contributed by atoms with E-state index in [2.05, 4.69) is 4.74 Å². The normalized spacial score (nSPS) is 17.7. The van der Waals surface area contributed by atoms with Gasteiger partial charge in [0, 0.05) is 5.56 Å². The van der Waals surface area contributed by atoms with Crippen LogP contribution >= 0.6 is 11.8 Å². The van der Waals surface area contributed by atoms with E-state index in [0.717, 1.165) is 6.07 Å². The molecule has 1 saturated heterocycles. The molecule has 0 saturated carbocycles. The lowest BCUT2D eigenvalue weighted by Gasteiger charge is -2.11. The van der Waals surface area contributed by atoms with Gasteiger partial charge in [0.15, 0.2) is 0 Å². The average molecular weight is 289 g/mol. The zero-order chi connectivity index (χ0) is 14.0. The molecule has 0 radical (unpaired) electrons. The number of hydrogen-bond donors (Lipinski definition) is 1. The van der Waals surface area contributed by atoms with Gasteiger partial charge < -0.3 is 4.74 Å². The predicted octanol–water partition coefficient (Wildman–Crippen LogP) is 2.91. The van der Waals surface area contributed by atoms with Gasteiger partial charge in [-0.05, 0) is 23.9 Å². The Balaban J connectivity index is 2.33. The minimum Gasteiger partial charge on any atom is -0.405 e. The first-order chi connectivity index (χ1) is 8.85. The number of amides is 2. The van der Waals surface area contributed by atoms with Crippen LogP contribution in [0.25, 0.3) is 6.08 Å². The first-order valence-electron chi connectivity index (χ1n) is 4.95. The van der Waals surface area contributed by atoms with Crippen molar-refractivity contribution in [2.75, 3.05) is 0 Å². The van der Waals surface area contributed by atoms with Crippen LogP contribution < -0.4 is 10.1 Å². The van der Waals surface area contributed by atoms with Gasteiger partial charge in [0.25, 0.3) is 11.1 Å². The van der Waals surface area contributed by atoms with Crippen LogP contribution in [0.2, 0.25) is 0 Å². The Labute approximate surface area is 109 Å². The molecular formula is C11H6F3NO3S. The Hall–Kier alpha value is -1.96. The van der Waals surface area contributed by atoms with E-state index >= 15 is 0 Å². The highest BCUT2D eigenvalue weighted by Gasteiger charge is 2.32. The highest BCUT2D eigenvalue weighted by molar-refractivity contribution is 8.18. The Morgan fingerprint density at radius 1 is 1.21 bits per heavy atom.